The highest BCUT2D eigenvalue weighted by Crippen LogP contribution is 2.16. The third-order valence-corrected chi connectivity index (χ3v) is 3.51. The highest BCUT2D eigenvalue weighted by molar-refractivity contribution is 5.74. The van der Waals surface area contributed by atoms with Crippen LogP contribution in [0.4, 0.5) is 0 Å². The second-order valence-corrected chi connectivity index (χ2v) is 5.05. The van der Waals surface area contributed by atoms with Crippen molar-refractivity contribution in [3.63, 3.8) is 0 Å². The van der Waals surface area contributed by atoms with Gasteiger partial charge >= 0.3 is 5.97 Å². The number of carbonyl (C=O) groups excluding carboxylic acids is 1. The van der Waals surface area contributed by atoms with Gasteiger partial charge in [0.05, 0.1) is 13.7 Å². The first kappa shape index (κ1) is 14.0. The number of carbonyl (C=O) groups is 1. The molecule has 1 saturated heterocycles. The molecule has 0 saturated carbocycles. The predicted octanol–water partition coefficient (Wildman–Crippen LogP) is 1.68. The Morgan fingerprint density at radius 3 is 3.00 bits per heavy atom. The van der Waals surface area contributed by atoms with Gasteiger partial charge in [-0.1, -0.05) is 23.8 Å². The minimum atomic E-state index is -0.455. The zero-order chi connectivity index (χ0) is 13.8. The molecule has 0 spiro atoms. The number of esters is 1. The van der Waals surface area contributed by atoms with E-state index in [-0.39, 0.29) is 5.97 Å². The van der Waals surface area contributed by atoms with E-state index >= 15 is 0 Å². The van der Waals surface area contributed by atoms with Crippen LogP contribution < -0.4 is 0 Å². The number of nitrogens with zero attached hydrogens (tertiary/aromatic N) is 1. The van der Waals surface area contributed by atoms with E-state index in [2.05, 4.69) is 36.9 Å². The fraction of sp³-hybridized carbons (Fsp3) is 0.533. The number of aryl methyl sites for hydroxylation is 2. The van der Waals surface area contributed by atoms with E-state index < -0.39 is 6.10 Å². The molecule has 4 heteroatoms. The summed E-state index contributed by atoms with van der Waals surface area (Å²) in [6.07, 6.45) is -0.455. The molecule has 1 heterocycles. The minimum absolute atomic E-state index is 0.286. The Morgan fingerprint density at radius 1 is 1.47 bits per heavy atom. The van der Waals surface area contributed by atoms with E-state index in [1.165, 1.54) is 23.8 Å². The van der Waals surface area contributed by atoms with Crippen molar-refractivity contribution in [2.45, 2.75) is 26.5 Å². The zero-order valence-corrected chi connectivity index (χ0v) is 11.8. The maximum Gasteiger partial charge on any atom is 0.336 e. The lowest BCUT2D eigenvalue weighted by molar-refractivity contribution is -0.160. The quantitative estimate of drug-likeness (QED) is 0.778. The SMILES string of the molecule is COC(=O)C1CN(Cc2cc(C)ccc2C)CCO1. The van der Waals surface area contributed by atoms with Crippen molar-refractivity contribution in [3.05, 3.63) is 34.9 Å². The predicted molar refractivity (Wildman–Crippen MR) is 72.9 cm³/mol. The standard InChI is InChI=1S/C15H21NO3/c1-11-4-5-12(2)13(8-11)9-16-6-7-19-14(10-16)15(17)18-3/h4-5,8,14H,6-7,9-10H2,1-3H3. The van der Waals surface area contributed by atoms with Crippen molar-refractivity contribution >= 4 is 5.97 Å². The Kier molecular flexibility index (Phi) is 4.56. The first-order valence-corrected chi connectivity index (χ1v) is 6.58. The number of benzene rings is 1. The number of methoxy groups -OCH3 is 1. The zero-order valence-electron chi connectivity index (χ0n) is 11.8. The van der Waals surface area contributed by atoms with Crippen LogP contribution in [0, 0.1) is 13.8 Å². The lowest BCUT2D eigenvalue weighted by Gasteiger charge is -2.31. The van der Waals surface area contributed by atoms with Gasteiger partial charge in [0.25, 0.3) is 0 Å². The normalized spacial score (nSPS) is 20.3. The summed E-state index contributed by atoms with van der Waals surface area (Å²) in [4.78, 5) is 13.8. The summed E-state index contributed by atoms with van der Waals surface area (Å²) in [5.41, 5.74) is 3.86. The van der Waals surface area contributed by atoms with Crippen molar-refractivity contribution in [2.75, 3.05) is 26.8 Å². The van der Waals surface area contributed by atoms with Crippen LogP contribution in [0.2, 0.25) is 0 Å². The molecule has 0 bridgehead atoms. The van der Waals surface area contributed by atoms with Gasteiger partial charge in [-0.2, -0.15) is 0 Å². The van der Waals surface area contributed by atoms with Gasteiger partial charge in [0.1, 0.15) is 0 Å². The number of hydrogen-bond donors (Lipinski definition) is 0. The molecule has 1 atom stereocenters. The van der Waals surface area contributed by atoms with Crippen molar-refractivity contribution in [1.82, 2.24) is 4.90 Å². The van der Waals surface area contributed by atoms with Crippen molar-refractivity contribution in [1.29, 1.82) is 0 Å². The first-order valence-electron chi connectivity index (χ1n) is 6.58. The van der Waals surface area contributed by atoms with Crippen molar-refractivity contribution in [2.24, 2.45) is 0 Å². The number of rotatable bonds is 3. The minimum Gasteiger partial charge on any atom is -0.467 e. The summed E-state index contributed by atoms with van der Waals surface area (Å²) in [6, 6.07) is 6.47. The Balaban J connectivity index is 2.02. The topological polar surface area (TPSA) is 38.8 Å². The van der Waals surface area contributed by atoms with Gasteiger partial charge in [-0.15, -0.1) is 0 Å². The Hall–Kier alpha value is -1.39. The van der Waals surface area contributed by atoms with Gasteiger partial charge in [0, 0.05) is 19.6 Å². The number of ether oxygens (including phenoxy) is 2. The van der Waals surface area contributed by atoms with Crippen molar-refractivity contribution in [3.8, 4) is 0 Å². The molecule has 0 N–H and O–H groups in total. The fourth-order valence-corrected chi connectivity index (χ4v) is 2.33. The molecule has 0 radical (unpaired) electrons. The van der Waals surface area contributed by atoms with E-state index in [4.69, 9.17) is 9.47 Å². The molecule has 19 heavy (non-hydrogen) atoms. The highest BCUT2D eigenvalue weighted by Gasteiger charge is 2.27. The first-order chi connectivity index (χ1) is 9.10. The van der Waals surface area contributed by atoms with Gasteiger partial charge in [0.15, 0.2) is 6.10 Å². The molecule has 104 valence electrons. The third-order valence-electron chi connectivity index (χ3n) is 3.51. The molecule has 1 aliphatic heterocycles. The molecule has 0 aliphatic carbocycles. The van der Waals surface area contributed by atoms with Crippen LogP contribution in [-0.4, -0.2) is 43.8 Å². The van der Waals surface area contributed by atoms with E-state index in [0.717, 1.165) is 13.1 Å². The Bertz CT molecular complexity index is 459. The molecular weight excluding hydrogens is 242 g/mol. The Morgan fingerprint density at radius 2 is 2.26 bits per heavy atom. The number of hydrogen-bond acceptors (Lipinski definition) is 4. The molecule has 0 amide bonds. The fourth-order valence-electron chi connectivity index (χ4n) is 2.33. The van der Waals surface area contributed by atoms with Crippen molar-refractivity contribution < 1.29 is 14.3 Å². The van der Waals surface area contributed by atoms with Gasteiger partial charge in [-0.3, -0.25) is 4.90 Å². The average molecular weight is 263 g/mol. The molecule has 1 fully saturated rings. The van der Waals surface area contributed by atoms with Gasteiger partial charge in [-0.05, 0) is 25.0 Å². The maximum absolute atomic E-state index is 11.5. The van der Waals surface area contributed by atoms with Gasteiger partial charge in [0.2, 0.25) is 0 Å². The summed E-state index contributed by atoms with van der Waals surface area (Å²) < 4.78 is 10.2. The molecule has 1 aromatic rings. The van der Waals surface area contributed by atoms with Crippen LogP contribution in [0.25, 0.3) is 0 Å². The largest absolute Gasteiger partial charge is 0.467 e. The maximum atomic E-state index is 11.5. The lowest BCUT2D eigenvalue weighted by atomic mass is 10.0. The van der Waals surface area contributed by atoms with E-state index in [1.54, 1.807) is 0 Å². The molecular formula is C15H21NO3. The molecule has 4 nitrogen and oxygen atoms in total. The van der Waals surface area contributed by atoms with Crippen LogP contribution in [0.15, 0.2) is 18.2 Å². The van der Waals surface area contributed by atoms with Gasteiger partial charge in [-0.25, -0.2) is 4.79 Å². The second-order valence-electron chi connectivity index (χ2n) is 5.05. The van der Waals surface area contributed by atoms with Crippen LogP contribution in [0.5, 0.6) is 0 Å². The van der Waals surface area contributed by atoms with Crippen LogP contribution in [0.3, 0.4) is 0 Å². The molecule has 1 aliphatic rings. The highest BCUT2D eigenvalue weighted by atomic mass is 16.6. The van der Waals surface area contributed by atoms with Crippen LogP contribution >= 0.6 is 0 Å². The third kappa shape index (κ3) is 3.55. The monoisotopic (exact) mass is 263 g/mol. The molecule has 0 aromatic heterocycles. The molecule has 1 aromatic carbocycles. The second kappa shape index (κ2) is 6.17. The van der Waals surface area contributed by atoms with E-state index in [1.807, 2.05) is 0 Å². The average Bonchev–Trinajstić information content (AvgIpc) is 2.42. The van der Waals surface area contributed by atoms with Crippen LogP contribution in [-0.2, 0) is 20.8 Å². The summed E-state index contributed by atoms with van der Waals surface area (Å²) in [6.45, 7) is 7.09. The number of morpholine rings is 1. The van der Waals surface area contributed by atoms with E-state index in [0.29, 0.717) is 13.2 Å². The smallest absolute Gasteiger partial charge is 0.336 e. The summed E-state index contributed by atoms with van der Waals surface area (Å²) in [7, 11) is 1.40. The lowest BCUT2D eigenvalue weighted by Crippen LogP contribution is -2.46. The van der Waals surface area contributed by atoms with E-state index in [9.17, 15) is 4.79 Å². The summed E-state index contributed by atoms with van der Waals surface area (Å²) in [5, 5.41) is 0. The summed E-state index contributed by atoms with van der Waals surface area (Å²) in [5.74, 6) is -0.286. The summed E-state index contributed by atoms with van der Waals surface area (Å²) >= 11 is 0. The van der Waals surface area contributed by atoms with Gasteiger partial charge < -0.3 is 9.47 Å². The van der Waals surface area contributed by atoms with Crippen LogP contribution in [0.1, 0.15) is 16.7 Å². The Labute approximate surface area is 114 Å². The molecule has 1 unspecified atom stereocenters. The molecule has 2 rings (SSSR count).